The van der Waals surface area contributed by atoms with Crippen molar-refractivity contribution in [3.8, 4) is 11.5 Å². The number of pyridine rings is 1. The molecule has 1 aromatic heterocycles. The van der Waals surface area contributed by atoms with Gasteiger partial charge in [0.1, 0.15) is 23.3 Å². The maximum atomic E-state index is 13.2. The van der Waals surface area contributed by atoms with E-state index in [1.165, 1.54) is 4.90 Å². The van der Waals surface area contributed by atoms with E-state index in [9.17, 15) is 14.7 Å². The molecule has 0 radical (unpaired) electrons. The summed E-state index contributed by atoms with van der Waals surface area (Å²) in [5.74, 6) is -0.599. The number of ether oxygens (including phenoxy) is 2. The lowest BCUT2D eigenvalue weighted by atomic mass is 9.98. The number of benzene rings is 2. The number of nitrogens with zero attached hydrogens (tertiary/aromatic N) is 2. The van der Waals surface area contributed by atoms with Gasteiger partial charge in [-0.1, -0.05) is 18.2 Å². The van der Waals surface area contributed by atoms with Gasteiger partial charge >= 0.3 is 0 Å². The first kappa shape index (κ1) is 23.0. The minimum absolute atomic E-state index is 0.0284. The molecular formula is C27H26N2O5. The highest BCUT2D eigenvalue weighted by Gasteiger charge is 2.47. The molecule has 7 nitrogen and oxygen atoms in total. The lowest BCUT2D eigenvalue weighted by Crippen LogP contribution is -2.29. The van der Waals surface area contributed by atoms with Gasteiger partial charge in [0.05, 0.1) is 24.0 Å². The predicted molar refractivity (Wildman–Crippen MR) is 129 cm³/mol. The Morgan fingerprint density at radius 2 is 1.79 bits per heavy atom. The molecule has 174 valence electrons. The average Bonchev–Trinajstić information content (AvgIpc) is 3.10. The molecule has 0 bridgehead atoms. The van der Waals surface area contributed by atoms with Crippen LogP contribution in [0.15, 0.2) is 78.5 Å². The zero-order chi connectivity index (χ0) is 24.2. The van der Waals surface area contributed by atoms with E-state index in [1.54, 1.807) is 72.9 Å². The summed E-state index contributed by atoms with van der Waals surface area (Å²) >= 11 is 0. The molecule has 0 spiro atoms. The molecule has 0 saturated carbocycles. The number of carbonyl (C=O) groups is 2. The van der Waals surface area contributed by atoms with Crippen molar-refractivity contribution in [2.75, 3.05) is 11.5 Å². The SMILES string of the molecule is CCOc1ccc(N2C(=O)C(=O)/C(=C(\O)c3cccc(OC(C)C)c3)C2c2ccccn2)cc1. The standard InChI is InChI=1S/C27H26N2O5/c1-4-33-20-13-11-19(12-14-20)29-24(22-10-5-6-15-28-22)23(26(31)27(29)32)25(30)18-8-7-9-21(16-18)34-17(2)3/h5-17,24,30H,4H2,1-3H3/b25-23-. The number of hydrogen-bond acceptors (Lipinski definition) is 6. The zero-order valence-corrected chi connectivity index (χ0v) is 19.3. The zero-order valence-electron chi connectivity index (χ0n) is 19.3. The van der Waals surface area contributed by atoms with Crippen molar-refractivity contribution in [2.24, 2.45) is 0 Å². The Morgan fingerprint density at radius 3 is 2.44 bits per heavy atom. The fraction of sp³-hybridized carbons (Fsp3) is 0.222. The number of rotatable bonds is 7. The van der Waals surface area contributed by atoms with E-state index in [2.05, 4.69) is 4.98 Å². The fourth-order valence-corrected chi connectivity index (χ4v) is 3.93. The number of Topliss-reactive ketones (excluding diaryl/α,β-unsaturated/α-hetero) is 1. The minimum atomic E-state index is -0.895. The van der Waals surface area contributed by atoms with Gasteiger partial charge < -0.3 is 14.6 Å². The van der Waals surface area contributed by atoms with Crippen LogP contribution in [0.1, 0.15) is 38.1 Å². The second-order valence-corrected chi connectivity index (χ2v) is 8.05. The highest BCUT2D eigenvalue weighted by molar-refractivity contribution is 6.51. The summed E-state index contributed by atoms with van der Waals surface area (Å²) in [7, 11) is 0. The van der Waals surface area contributed by atoms with Crippen LogP contribution in [0.25, 0.3) is 5.76 Å². The monoisotopic (exact) mass is 458 g/mol. The molecule has 1 aliphatic heterocycles. The Morgan fingerprint density at radius 1 is 1.03 bits per heavy atom. The van der Waals surface area contributed by atoms with Gasteiger partial charge in [-0.15, -0.1) is 0 Å². The minimum Gasteiger partial charge on any atom is -0.507 e. The Balaban J connectivity index is 1.85. The third-order valence-corrected chi connectivity index (χ3v) is 5.32. The van der Waals surface area contributed by atoms with Gasteiger partial charge in [-0.25, -0.2) is 0 Å². The number of hydrogen-bond donors (Lipinski definition) is 1. The average molecular weight is 459 g/mol. The number of aliphatic hydroxyl groups is 1. The van der Waals surface area contributed by atoms with E-state index in [-0.39, 0.29) is 17.4 Å². The molecule has 4 rings (SSSR count). The normalized spacial score (nSPS) is 17.3. The summed E-state index contributed by atoms with van der Waals surface area (Å²) in [6.45, 7) is 6.19. The fourth-order valence-electron chi connectivity index (χ4n) is 3.93. The number of anilines is 1. The lowest BCUT2D eigenvalue weighted by Gasteiger charge is -2.24. The topological polar surface area (TPSA) is 89.0 Å². The van der Waals surface area contributed by atoms with Crippen molar-refractivity contribution in [1.82, 2.24) is 4.98 Å². The molecule has 1 N–H and O–H groups in total. The van der Waals surface area contributed by atoms with E-state index in [0.29, 0.717) is 35.1 Å². The van der Waals surface area contributed by atoms with Crippen molar-refractivity contribution in [3.63, 3.8) is 0 Å². The van der Waals surface area contributed by atoms with Crippen LogP contribution < -0.4 is 14.4 Å². The van der Waals surface area contributed by atoms with Gasteiger partial charge in [0.15, 0.2) is 0 Å². The van der Waals surface area contributed by atoms with Crippen molar-refractivity contribution in [3.05, 3.63) is 89.8 Å². The van der Waals surface area contributed by atoms with E-state index < -0.39 is 17.7 Å². The summed E-state index contributed by atoms with van der Waals surface area (Å²) in [4.78, 5) is 32.2. The first-order valence-electron chi connectivity index (χ1n) is 11.1. The van der Waals surface area contributed by atoms with Crippen LogP contribution in [-0.2, 0) is 9.59 Å². The highest BCUT2D eigenvalue weighted by Crippen LogP contribution is 2.42. The predicted octanol–water partition coefficient (Wildman–Crippen LogP) is 4.89. The molecule has 1 saturated heterocycles. The lowest BCUT2D eigenvalue weighted by molar-refractivity contribution is -0.132. The Bertz CT molecular complexity index is 1220. The summed E-state index contributed by atoms with van der Waals surface area (Å²) < 4.78 is 11.2. The van der Waals surface area contributed by atoms with E-state index in [0.717, 1.165) is 0 Å². The molecular weight excluding hydrogens is 432 g/mol. The third-order valence-electron chi connectivity index (χ3n) is 5.32. The number of aliphatic hydroxyl groups excluding tert-OH is 1. The van der Waals surface area contributed by atoms with Gasteiger partial charge in [-0.3, -0.25) is 19.5 Å². The molecule has 0 aliphatic carbocycles. The molecule has 34 heavy (non-hydrogen) atoms. The van der Waals surface area contributed by atoms with Crippen molar-refractivity contribution < 1.29 is 24.2 Å². The smallest absolute Gasteiger partial charge is 0.300 e. The molecule has 1 aliphatic rings. The van der Waals surface area contributed by atoms with Crippen molar-refractivity contribution in [2.45, 2.75) is 32.9 Å². The summed E-state index contributed by atoms with van der Waals surface area (Å²) in [5, 5.41) is 11.3. The molecule has 2 heterocycles. The van der Waals surface area contributed by atoms with Gasteiger partial charge in [-0.05, 0) is 69.3 Å². The highest BCUT2D eigenvalue weighted by atomic mass is 16.5. The first-order valence-corrected chi connectivity index (χ1v) is 11.1. The second-order valence-electron chi connectivity index (χ2n) is 8.05. The van der Waals surface area contributed by atoms with Crippen LogP contribution in [0.5, 0.6) is 11.5 Å². The van der Waals surface area contributed by atoms with Gasteiger partial charge in [0.25, 0.3) is 11.7 Å². The third kappa shape index (κ3) is 4.50. The molecule has 1 unspecified atom stereocenters. The largest absolute Gasteiger partial charge is 0.507 e. The van der Waals surface area contributed by atoms with E-state index in [4.69, 9.17) is 9.47 Å². The molecule has 7 heteroatoms. The van der Waals surface area contributed by atoms with Crippen LogP contribution in [0, 0.1) is 0 Å². The first-order chi connectivity index (χ1) is 16.4. The van der Waals surface area contributed by atoms with Gasteiger partial charge in [-0.2, -0.15) is 0 Å². The number of amides is 1. The molecule has 1 fully saturated rings. The van der Waals surface area contributed by atoms with Crippen LogP contribution in [0.3, 0.4) is 0 Å². The van der Waals surface area contributed by atoms with Crippen molar-refractivity contribution >= 4 is 23.1 Å². The number of carbonyl (C=O) groups excluding carboxylic acids is 2. The molecule has 1 amide bonds. The Kier molecular flexibility index (Phi) is 6.63. The quantitative estimate of drug-likeness (QED) is 0.308. The summed E-state index contributed by atoms with van der Waals surface area (Å²) in [6, 6.07) is 18.1. The number of ketones is 1. The van der Waals surface area contributed by atoms with Gasteiger partial charge in [0.2, 0.25) is 0 Å². The summed E-state index contributed by atoms with van der Waals surface area (Å²) in [5.41, 5.74) is 1.31. The van der Waals surface area contributed by atoms with Crippen molar-refractivity contribution in [1.29, 1.82) is 0 Å². The molecule has 1 atom stereocenters. The van der Waals surface area contributed by atoms with Crippen LogP contribution in [0.2, 0.25) is 0 Å². The van der Waals surface area contributed by atoms with E-state index in [1.807, 2.05) is 20.8 Å². The molecule has 2 aromatic carbocycles. The second kappa shape index (κ2) is 9.79. The molecule has 3 aromatic rings. The Hall–Kier alpha value is -4.13. The maximum absolute atomic E-state index is 13.2. The van der Waals surface area contributed by atoms with Crippen LogP contribution in [-0.4, -0.2) is 34.5 Å². The maximum Gasteiger partial charge on any atom is 0.300 e. The van der Waals surface area contributed by atoms with E-state index >= 15 is 0 Å². The van der Waals surface area contributed by atoms with Gasteiger partial charge in [0, 0.05) is 17.4 Å². The Labute approximate surface area is 198 Å². The van der Waals surface area contributed by atoms with Crippen LogP contribution in [0.4, 0.5) is 5.69 Å². The van der Waals surface area contributed by atoms with Crippen LogP contribution >= 0.6 is 0 Å². The summed E-state index contributed by atoms with van der Waals surface area (Å²) in [6.07, 6.45) is 1.53. The number of aromatic nitrogens is 1.